The number of benzene rings is 3. The summed E-state index contributed by atoms with van der Waals surface area (Å²) in [6.45, 7) is 5.04. The van der Waals surface area contributed by atoms with Gasteiger partial charge in [-0.1, -0.05) is 67.1 Å². The van der Waals surface area contributed by atoms with Gasteiger partial charge in [-0.25, -0.2) is 4.98 Å². The standard InChI is InChI=1S/C28H26ClN3O/c1-2-20-10-12-21(13-11-20)27-19-25(24-8-3-4-9-26(24)30-27)28(33)32-16-14-31(15-17-32)23-7-5-6-22(29)18-23/h3-13,18-19H,2,14-17H2,1H3. The topological polar surface area (TPSA) is 36.4 Å². The van der Waals surface area contributed by atoms with E-state index >= 15 is 0 Å². The van der Waals surface area contributed by atoms with Gasteiger partial charge in [0.05, 0.1) is 16.8 Å². The molecule has 0 aliphatic carbocycles. The normalized spacial score (nSPS) is 14.0. The van der Waals surface area contributed by atoms with Gasteiger partial charge in [-0.3, -0.25) is 4.79 Å². The average Bonchev–Trinajstić information content (AvgIpc) is 2.88. The van der Waals surface area contributed by atoms with Gasteiger partial charge in [0.15, 0.2) is 0 Å². The molecule has 0 spiro atoms. The van der Waals surface area contributed by atoms with E-state index in [1.54, 1.807) is 0 Å². The highest BCUT2D eigenvalue weighted by Crippen LogP contribution is 2.27. The van der Waals surface area contributed by atoms with Crippen molar-refractivity contribution in [2.45, 2.75) is 13.3 Å². The average molecular weight is 456 g/mol. The lowest BCUT2D eigenvalue weighted by molar-refractivity contribution is 0.0748. The fourth-order valence-electron chi connectivity index (χ4n) is 4.42. The molecule has 5 rings (SSSR count). The number of amides is 1. The van der Waals surface area contributed by atoms with Gasteiger partial charge in [0, 0.05) is 47.8 Å². The fraction of sp³-hybridized carbons (Fsp3) is 0.214. The van der Waals surface area contributed by atoms with Crippen LogP contribution in [0.4, 0.5) is 5.69 Å². The lowest BCUT2D eigenvalue weighted by atomic mass is 10.0. The van der Waals surface area contributed by atoms with Crippen LogP contribution in [0.2, 0.25) is 5.02 Å². The highest BCUT2D eigenvalue weighted by atomic mass is 35.5. The number of nitrogens with zero attached hydrogens (tertiary/aromatic N) is 3. The number of rotatable bonds is 4. The van der Waals surface area contributed by atoms with E-state index in [2.05, 4.69) is 42.2 Å². The molecule has 1 amide bonds. The minimum Gasteiger partial charge on any atom is -0.368 e. The van der Waals surface area contributed by atoms with Crippen molar-refractivity contribution in [1.82, 2.24) is 9.88 Å². The molecule has 1 saturated heterocycles. The van der Waals surface area contributed by atoms with Gasteiger partial charge in [-0.2, -0.15) is 0 Å². The Morgan fingerprint density at radius 3 is 2.39 bits per heavy atom. The number of piperazine rings is 1. The quantitative estimate of drug-likeness (QED) is 0.374. The second-order valence-corrected chi connectivity index (χ2v) is 8.82. The van der Waals surface area contributed by atoms with E-state index in [4.69, 9.17) is 16.6 Å². The van der Waals surface area contributed by atoms with Crippen LogP contribution >= 0.6 is 11.6 Å². The first kappa shape index (κ1) is 21.5. The number of fused-ring (bicyclic) bond motifs is 1. The minimum atomic E-state index is 0.0609. The second-order valence-electron chi connectivity index (χ2n) is 8.38. The molecule has 0 unspecified atom stereocenters. The molecule has 33 heavy (non-hydrogen) atoms. The number of carbonyl (C=O) groups is 1. The summed E-state index contributed by atoms with van der Waals surface area (Å²) in [6.07, 6.45) is 0.996. The summed E-state index contributed by atoms with van der Waals surface area (Å²) in [4.78, 5) is 22.7. The maximum Gasteiger partial charge on any atom is 0.254 e. The molecular weight excluding hydrogens is 430 g/mol. The Labute approximate surface area is 199 Å². The van der Waals surface area contributed by atoms with Crippen molar-refractivity contribution in [2.75, 3.05) is 31.1 Å². The molecule has 4 nitrogen and oxygen atoms in total. The van der Waals surface area contributed by atoms with E-state index in [0.29, 0.717) is 18.7 Å². The summed E-state index contributed by atoms with van der Waals surface area (Å²) in [7, 11) is 0. The zero-order valence-corrected chi connectivity index (χ0v) is 19.4. The Bertz CT molecular complexity index is 1290. The van der Waals surface area contributed by atoms with Crippen molar-refractivity contribution in [1.29, 1.82) is 0 Å². The lowest BCUT2D eigenvalue weighted by Crippen LogP contribution is -2.48. The fourth-order valence-corrected chi connectivity index (χ4v) is 4.61. The Balaban J connectivity index is 1.43. The van der Waals surface area contributed by atoms with Crippen molar-refractivity contribution in [3.05, 3.63) is 95.0 Å². The summed E-state index contributed by atoms with van der Waals surface area (Å²) in [5, 5.41) is 1.63. The molecule has 5 heteroatoms. The van der Waals surface area contributed by atoms with E-state index < -0.39 is 0 Å². The molecule has 0 atom stereocenters. The molecular formula is C28H26ClN3O. The largest absolute Gasteiger partial charge is 0.368 e. The highest BCUT2D eigenvalue weighted by molar-refractivity contribution is 6.30. The first-order valence-electron chi connectivity index (χ1n) is 11.4. The van der Waals surface area contributed by atoms with Crippen molar-refractivity contribution in [3.63, 3.8) is 0 Å². The Morgan fingerprint density at radius 2 is 1.67 bits per heavy atom. The first-order chi connectivity index (χ1) is 16.1. The van der Waals surface area contributed by atoms with Crippen LogP contribution in [0.25, 0.3) is 22.2 Å². The summed E-state index contributed by atoms with van der Waals surface area (Å²) in [5.41, 5.74) is 5.80. The number of hydrogen-bond donors (Lipinski definition) is 0. The van der Waals surface area contributed by atoms with Crippen molar-refractivity contribution in [2.24, 2.45) is 0 Å². The van der Waals surface area contributed by atoms with Crippen molar-refractivity contribution >= 4 is 34.1 Å². The van der Waals surface area contributed by atoms with Gasteiger partial charge >= 0.3 is 0 Å². The van der Waals surface area contributed by atoms with Crippen molar-refractivity contribution < 1.29 is 4.79 Å². The molecule has 4 aromatic rings. The maximum atomic E-state index is 13.7. The van der Waals surface area contributed by atoms with Gasteiger partial charge in [-0.15, -0.1) is 0 Å². The Kier molecular flexibility index (Phi) is 6.01. The Morgan fingerprint density at radius 1 is 0.909 bits per heavy atom. The molecule has 0 saturated carbocycles. The van der Waals surface area contributed by atoms with E-state index in [1.807, 2.05) is 53.4 Å². The monoisotopic (exact) mass is 455 g/mol. The SMILES string of the molecule is CCc1ccc(-c2cc(C(=O)N3CCN(c4cccc(Cl)c4)CC3)c3ccccc3n2)cc1. The van der Waals surface area contributed by atoms with Crippen LogP contribution in [-0.2, 0) is 6.42 Å². The molecule has 2 heterocycles. The smallest absolute Gasteiger partial charge is 0.254 e. The van der Waals surface area contributed by atoms with Crippen LogP contribution in [0, 0.1) is 0 Å². The van der Waals surface area contributed by atoms with Crippen LogP contribution in [0.15, 0.2) is 78.9 Å². The predicted molar refractivity (Wildman–Crippen MR) is 136 cm³/mol. The number of aryl methyl sites for hydroxylation is 1. The first-order valence-corrected chi connectivity index (χ1v) is 11.8. The third-order valence-electron chi connectivity index (χ3n) is 6.34. The number of halogens is 1. The molecule has 166 valence electrons. The predicted octanol–water partition coefficient (Wildman–Crippen LogP) is 6.08. The molecule has 1 aliphatic heterocycles. The molecule has 3 aromatic carbocycles. The van der Waals surface area contributed by atoms with E-state index in [0.717, 1.165) is 52.4 Å². The van der Waals surface area contributed by atoms with Gasteiger partial charge in [0.2, 0.25) is 0 Å². The number of aromatic nitrogens is 1. The van der Waals surface area contributed by atoms with Crippen LogP contribution in [0.5, 0.6) is 0 Å². The van der Waals surface area contributed by atoms with E-state index in [-0.39, 0.29) is 5.91 Å². The highest BCUT2D eigenvalue weighted by Gasteiger charge is 2.24. The van der Waals surface area contributed by atoms with Crippen LogP contribution in [0.3, 0.4) is 0 Å². The van der Waals surface area contributed by atoms with Gasteiger partial charge in [0.25, 0.3) is 5.91 Å². The number of anilines is 1. The summed E-state index contributed by atoms with van der Waals surface area (Å²) < 4.78 is 0. The number of pyridine rings is 1. The zero-order chi connectivity index (χ0) is 22.8. The maximum absolute atomic E-state index is 13.7. The van der Waals surface area contributed by atoms with Gasteiger partial charge in [-0.05, 0) is 42.3 Å². The van der Waals surface area contributed by atoms with E-state index in [1.165, 1.54) is 5.56 Å². The second kappa shape index (κ2) is 9.24. The minimum absolute atomic E-state index is 0.0609. The zero-order valence-electron chi connectivity index (χ0n) is 18.7. The third-order valence-corrected chi connectivity index (χ3v) is 6.58. The number of carbonyl (C=O) groups excluding carboxylic acids is 1. The van der Waals surface area contributed by atoms with Crippen LogP contribution in [0.1, 0.15) is 22.8 Å². The lowest BCUT2D eigenvalue weighted by Gasteiger charge is -2.36. The molecule has 1 fully saturated rings. The van der Waals surface area contributed by atoms with Crippen molar-refractivity contribution in [3.8, 4) is 11.3 Å². The summed E-state index contributed by atoms with van der Waals surface area (Å²) >= 11 is 6.16. The summed E-state index contributed by atoms with van der Waals surface area (Å²) in [6, 6.07) is 26.2. The van der Waals surface area contributed by atoms with Gasteiger partial charge < -0.3 is 9.80 Å². The Hall–Kier alpha value is -3.37. The molecule has 1 aromatic heterocycles. The van der Waals surface area contributed by atoms with Gasteiger partial charge in [0.1, 0.15) is 0 Å². The van der Waals surface area contributed by atoms with E-state index in [9.17, 15) is 4.79 Å². The molecule has 1 aliphatic rings. The number of hydrogen-bond acceptors (Lipinski definition) is 3. The molecule has 0 bridgehead atoms. The molecule has 0 N–H and O–H groups in total. The molecule has 0 radical (unpaired) electrons. The van der Waals surface area contributed by atoms with Crippen LogP contribution in [-0.4, -0.2) is 42.0 Å². The number of para-hydroxylation sites is 1. The van der Waals surface area contributed by atoms with Crippen LogP contribution < -0.4 is 4.90 Å². The summed E-state index contributed by atoms with van der Waals surface area (Å²) in [5.74, 6) is 0.0609. The third kappa shape index (κ3) is 4.44.